The summed E-state index contributed by atoms with van der Waals surface area (Å²) in [5.74, 6) is 0.593. The maximum atomic E-state index is 11.3. The molecule has 2 rings (SSSR count). The van der Waals surface area contributed by atoms with Crippen molar-refractivity contribution in [2.45, 2.75) is 20.8 Å². The Morgan fingerprint density at radius 1 is 1.24 bits per heavy atom. The number of hydrogen-bond donors (Lipinski definition) is 0. The topological polar surface area (TPSA) is 55.7 Å². The third-order valence-electron chi connectivity index (χ3n) is 2.64. The van der Waals surface area contributed by atoms with Crippen LogP contribution < -0.4 is 0 Å². The normalized spacial score (nSPS) is 10.3. The minimum atomic E-state index is -0.0167. The summed E-state index contributed by atoms with van der Waals surface area (Å²) in [6, 6.07) is 1.91. The highest BCUT2D eigenvalue weighted by Crippen LogP contribution is 2.19. The van der Waals surface area contributed by atoms with Crippen LogP contribution >= 0.6 is 0 Å². The van der Waals surface area contributed by atoms with Gasteiger partial charge in [0.05, 0.1) is 11.3 Å². The van der Waals surface area contributed by atoms with Crippen LogP contribution in [0.2, 0.25) is 0 Å². The van der Waals surface area contributed by atoms with Gasteiger partial charge in [-0.25, -0.2) is 9.97 Å². The molecule has 4 heteroatoms. The SMILES string of the molecule is CC(=O)c1cnc(-c2cnccc2C)nc1C. The maximum Gasteiger partial charge on any atom is 0.163 e. The van der Waals surface area contributed by atoms with Crippen molar-refractivity contribution in [3.63, 3.8) is 0 Å². The number of aromatic nitrogens is 3. The van der Waals surface area contributed by atoms with Gasteiger partial charge in [0.1, 0.15) is 0 Å². The molecule has 0 atom stereocenters. The number of Topliss-reactive ketones (excluding diaryl/α,β-unsaturated/α-hetero) is 1. The van der Waals surface area contributed by atoms with E-state index in [-0.39, 0.29) is 5.78 Å². The molecule has 0 saturated carbocycles. The Morgan fingerprint density at radius 2 is 2.00 bits per heavy atom. The number of ketones is 1. The molecule has 0 aliphatic carbocycles. The standard InChI is InChI=1S/C13H13N3O/c1-8-4-5-14-6-11(8)13-15-7-12(10(3)17)9(2)16-13/h4-7H,1-3H3. The number of carbonyl (C=O) groups excluding carboxylic acids is 1. The first-order chi connectivity index (χ1) is 8.09. The summed E-state index contributed by atoms with van der Waals surface area (Å²) in [7, 11) is 0. The fraction of sp³-hybridized carbons (Fsp3) is 0.231. The molecule has 0 fully saturated rings. The minimum Gasteiger partial charge on any atom is -0.294 e. The van der Waals surface area contributed by atoms with E-state index < -0.39 is 0 Å². The van der Waals surface area contributed by atoms with Crippen molar-refractivity contribution < 1.29 is 4.79 Å². The second-order valence-corrected chi connectivity index (χ2v) is 3.94. The van der Waals surface area contributed by atoms with Crippen molar-refractivity contribution in [1.82, 2.24) is 15.0 Å². The maximum absolute atomic E-state index is 11.3. The molecule has 0 aliphatic rings. The van der Waals surface area contributed by atoms with Crippen LogP contribution in [0.25, 0.3) is 11.4 Å². The lowest BCUT2D eigenvalue weighted by Crippen LogP contribution is -2.02. The van der Waals surface area contributed by atoms with Crippen molar-refractivity contribution in [1.29, 1.82) is 0 Å². The third-order valence-corrected chi connectivity index (χ3v) is 2.64. The Labute approximate surface area is 99.8 Å². The molecule has 0 aliphatic heterocycles. The lowest BCUT2D eigenvalue weighted by Gasteiger charge is -2.06. The molecule has 2 aromatic rings. The average molecular weight is 227 g/mol. The molecule has 17 heavy (non-hydrogen) atoms. The molecule has 0 unspecified atom stereocenters. The molecule has 2 aromatic heterocycles. The van der Waals surface area contributed by atoms with Gasteiger partial charge < -0.3 is 0 Å². The number of hydrogen-bond acceptors (Lipinski definition) is 4. The van der Waals surface area contributed by atoms with E-state index in [1.807, 2.05) is 19.9 Å². The van der Waals surface area contributed by atoms with Crippen molar-refractivity contribution in [2.24, 2.45) is 0 Å². The molecular weight excluding hydrogens is 214 g/mol. The number of nitrogens with zero attached hydrogens (tertiary/aromatic N) is 3. The van der Waals surface area contributed by atoms with Gasteiger partial charge in [0.2, 0.25) is 0 Å². The van der Waals surface area contributed by atoms with Crippen LogP contribution in [0.4, 0.5) is 0 Å². The Hall–Kier alpha value is -2.10. The van der Waals surface area contributed by atoms with Gasteiger partial charge in [-0.3, -0.25) is 9.78 Å². The van der Waals surface area contributed by atoms with Gasteiger partial charge in [-0.15, -0.1) is 0 Å². The van der Waals surface area contributed by atoms with Crippen molar-refractivity contribution in [2.75, 3.05) is 0 Å². The first kappa shape index (κ1) is 11.4. The molecule has 0 bridgehead atoms. The monoisotopic (exact) mass is 227 g/mol. The van der Waals surface area contributed by atoms with E-state index in [2.05, 4.69) is 15.0 Å². The highest BCUT2D eigenvalue weighted by atomic mass is 16.1. The van der Waals surface area contributed by atoms with E-state index in [1.54, 1.807) is 18.6 Å². The summed E-state index contributed by atoms with van der Waals surface area (Å²) >= 11 is 0. The predicted octanol–water partition coefficient (Wildman–Crippen LogP) is 2.36. The Balaban J connectivity index is 2.52. The van der Waals surface area contributed by atoms with Gasteiger partial charge in [-0.2, -0.15) is 0 Å². The van der Waals surface area contributed by atoms with Crippen LogP contribution in [0.15, 0.2) is 24.7 Å². The van der Waals surface area contributed by atoms with Crippen molar-refractivity contribution >= 4 is 5.78 Å². The zero-order valence-electron chi connectivity index (χ0n) is 10.1. The van der Waals surface area contributed by atoms with Crippen molar-refractivity contribution in [3.05, 3.63) is 41.5 Å². The third kappa shape index (κ3) is 2.20. The first-order valence-corrected chi connectivity index (χ1v) is 5.35. The Kier molecular flexibility index (Phi) is 2.95. The molecule has 86 valence electrons. The molecule has 0 spiro atoms. The Bertz CT molecular complexity index is 579. The molecule has 2 heterocycles. The highest BCUT2D eigenvalue weighted by molar-refractivity contribution is 5.94. The highest BCUT2D eigenvalue weighted by Gasteiger charge is 2.10. The number of rotatable bonds is 2. The van der Waals surface area contributed by atoms with Crippen molar-refractivity contribution in [3.8, 4) is 11.4 Å². The molecule has 0 saturated heterocycles. The van der Waals surface area contributed by atoms with Gasteiger partial charge in [-0.1, -0.05) is 0 Å². The largest absolute Gasteiger partial charge is 0.294 e. The van der Waals surface area contributed by atoms with Crippen LogP contribution in [0.1, 0.15) is 28.5 Å². The lowest BCUT2D eigenvalue weighted by atomic mass is 10.1. The zero-order chi connectivity index (χ0) is 12.4. The van der Waals surface area contributed by atoms with Crippen LogP contribution in [-0.2, 0) is 0 Å². The lowest BCUT2D eigenvalue weighted by molar-refractivity contribution is 0.101. The minimum absolute atomic E-state index is 0.0167. The summed E-state index contributed by atoms with van der Waals surface area (Å²) in [6.45, 7) is 5.31. The predicted molar refractivity (Wildman–Crippen MR) is 64.7 cm³/mol. The summed E-state index contributed by atoms with van der Waals surface area (Å²) in [4.78, 5) is 23.9. The van der Waals surface area contributed by atoms with E-state index in [9.17, 15) is 4.79 Å². The molecule has 0 aromatic carbocycles. The average Bonchev–Trinajstić information content (AvgIpc) is 2.29. The van der Waals surface area contributed by atoms with E-state index in [0.29, 0.717) is 17.1 Å². The molecule has 4 nitrogen and oxygen atoms in total. The molecule has 0 N–H and O–H groups in total. The van der Waals surface area contributed by atoms with Gasteiger partial charge in [-0.05, 0) is 32.4 Å². The van der Waals surface area contributed by atoms with E-state index in [1.165, 1.54) is 6.92 Å². The van der Waals surface area contributed by atoms with Gasteiger partial charge in [0.25, 0.3) is 0 Å². The van der Waals surface area contributed by atoms with Gasteiger partial charge in [0, 0.05) is 24.2 Å². The molecular formula is C13H13N3O. The summed E-state index contributed by atoms with van der Waals surface area (Å²) in [6.07, 6.45) is 5.04. The smallest absolute Gasteiger partial charge is 0.163 e. The summed E-state index contributed by atoms with van der Waals surface area (Å²) in [5.41, 5.74) is 3.22. The number of aryl methyl sites for hydroxylation is 2. The number of carbonyl (C=O) groups is 1. The molecule has 0 radical (unpaired) electrons. The number of pyridine rings is 1. The van der Waals surface area contributed by atoms with E-state index in [4.69, 9.17) is 0 Å². The van der Waals surface area contributed by atoms with Crippen LogP contribution in [0.5, 0.6) is 0 Å². The fourth-order valence-corrected chi connectivity index (χ4v) is 1.64. The van der Waals surface area contributed by atoms with Crippen LogP contribution in [-0.4, -0.2) is 20.7 Å². The summed E-state index contributed by atoms with van der Waals surface area (Å²) < 4.78 is 0. The summed E-state index contributed by atoms with van der Waals surface area (Å²) in [5, 5.41) is 0. The van der Waals surface area contributed by atoms with Gasteiger partial charge >= 0.3 is 0 Å². The van der Waals surface area contributed by atoms with Gasteiger partial charge in [0.15, 0.2) is 11.6 Å². The molecule has 0 amide bonds. The Morgan fingerprint density at radius 3 is 2.59 bits per heavy atom. The second-order valence-electron chi connectivity index (χ2n) is 3.94. The van der Waals surface area contributed by atoms with Crippen LogP contribution in [0, 0.1) is 13.8 Å². The van der Waals surface area contributed by atoms with E-state index in [0.717, 1.165) is 11.1 Å². The second kappa shape index (κ2) is 4.41. The first-order valence-electron chi connectivity index (χ1n) is 5.35. The van der Waals surface area contributed by atoms with E-state index >= 15 is 0 Å². The quantitative estimate of drug-likeness (QED) is 0.739. The zero-order valence-corrected chi connectivity index (χ0v) is 10.1. The fourth-order valence-electron chi connectivity index (χ4n) is 1.64. The van der Waals surface area contributed by atoms with Crippen LogP contribution in [0.3, 0.4) is 0 Å².